The third-order valence-corrected chi connectivity index (χ3v) is 5.17. The van der Waals surface area contributed by atoms with Gasteiger partial charge in [-0.25, -0.2) is 0 Å². The standard InChI is InChI=1S/C25H30N2O4/c1-5-14-31-20-11-9-19(10-12-20)22-23(26-21-16-17(2)7-8-18(21)3)25(29)27(24(22)28)13-6-15-30-4/h7-12,16,26H,5-6,13-15H2,1-4H3. The smallest absolute Gasteiger partial charge is 0.278 e. The molecule has 2 aromatic carbocycles. The van der Waals surface area contributed by atoms with Gasteiger partial charge in [-0.2, -0.15) is 0 Å². The van der Waals surface area contributed by atoms with E-state index in [-0.39, 0.29) is 11.8 Å². The lowest BCUT2D eigenvalue weighted by molar-refractivity contribution is -0.136. The Morgan fingerprint density at radius 1 is 0.968 bits per heavy atom. The number of nitrogens with one attached hydrogen (secondary N) is 1. The summed E-state index contributed by atoms with van der Waals surface area (Å²) in [4.78, 5) is 27.8. The number of anilines is 1. The second kappa shape index (κ2) is 10.3. The van der Waals surface area contributed by atoms with Crippen LogP contribution in [0.1, 0.15) is 36.5 Å². The van der Waals surface area contributed by atoms with E-state index in [4.69, 9.17) is 9.47 Å². The first-order valence-corrected chi connectivity index (χ1v) is 10.6. The third-order valence-electron chi connectivity index (χ3n) is 5.17. The largest absolute Gasteiger partial charge is 0.494 e. The van der Waals surface area contributed by atoms with E-state index in [1.807, 2.05) is 63.2 Å². The molecule has 6 nitrogen and oxygen atoms in total. The molecule has 2 amide bonds. The number of hydrogen-bond donors (Lipinski definition) is 1. The van der Waals surface area contributed by atoms with Crippen molar-refractivity contribution in [2.75, 3.05) is 32.2 Å². The van der Waals surface area contributed by atoms with Crippen molar-refractivity contribution in [3.05, 3.63) is 64.9 Å². The van der Waals surface area contributed by atoms with E-state index in [0.29, 0.717) is 43.0 Å². The topological polar surface area (TPSA) is 67.9 Å². The fraction of sp³-hybridized carbons (Fsp3) is 0.360. The zero-order valence-electron chi connectivity index (χ0n) is 18.7. The highest BCUT2D eigenvalue weighted by molar-refractivity contribution is 6.36. The zero-order valence-corrected chi connectivity index (χ0v) is 18.7. The molecule has 6 heteroatoms. The molecule has 0 unspecified atom stereocenters. The first kappa shape index (κ1) is 22.6. The van der Waals surface area contributed by atoms with Crippen LogP contribution in [0.2, 0.25) is 0 Å². The van der Waals surface area contributed by atoms with E-state index in [1.165, 1.54) is 4.90 Å². The van der Waals surface area contributed by atoms with E-state index in [2.05, 4.69) is 5.32 Å². The molecule has 2 aromatic rings. The van der Waals surface area contributed by atoms with Crippen LogP contribution in [0.15, 0.2) is 48.2 Å². The van der Waals surface area contributed by atoms with Gasteiger partial charge in [0.1, 0.15) is 11.4 Å². The molecular weight excluding hydrogens is 392 g/mol. The van der Waals surface area contributed by atoms with Gasteiger partial charge in [-0.05, 0) is 61.6 Å². The quantitative estimate of drug-likeness (QED) is 0.456. The Labute approximate surface area is 183 Å². The van der Waals surface area contributed by atoms with Crippen LogP contribution in [0.3, 0.4) is 0 Å². The predicted octanol–water partition coefficient (Wildman–Crippen LogP) is 4.32. The number of carbonyl (C=O) groups is 2. The highest BCUT2D eigenvalue weighted by Gasteiger charge is 2.39. The third kappa shape index (κ3) is 5.14. The molecular formula is C25H30N2O4. The average Bonchev–Trinajstić information content (AvgIpc) is 2.99. The van der Waals surface area contributed by atoms with Crippen LogP contribution >= 0.6 is 0 Å². The van der Waals surface area contributed by atoms with Crippen LogP contribution in [-0.4, -0.2) is 43.6 Å². The van der Waals surface area contributed by atoms with Crippen LogP contribution < -0.4 is 10.1 Å². The molecule has 1 heterocycles. The van der Waals surface area contributed by atoms with E-state index >= 15 is 0 Å². The maximum Gasteiger partial charge on any atom is 0.278 e. The maximum atomic E-state index is 13.3. The van der Waals surface area contributed by atoms with Crippen molar-refractivity contribution in [3.8, 4) is 5.75 Å². The van der Waals surface area contributed by atoms with Crippen LogP contribution in [0.4, 0.5) is 5.69 Å². The van der Waals surface area contributed by atoms with E-state index in [1.54, 1.807) is 7.11 Å². The van der Waals surface area contributed by atoms with Gasteiger partial charge in [0.05, 0.1) is 12.2 Å². The number of nitrogens with zero attached hydrogens (tertiary/aromatic N) is 1. The molecule has 164 valence electrons. The number of imide groups is 1. The first-order valence-electron chi connectivity index (χ1n) is 10.6. The zero-order chi connectivity index (χ0) is 22.4. The first-order chi connectivity index (χ1) is 15.0. The number of ether oxygens (including phenoxy) is 2. The average molecular weight is 423 g/mol. The van der Waals surface area contributed by atoms with Gasteiger partial charge in [-0.3, -0.25) is 14.5 Å². The number of rotatable bonds is 10. The van der Waals surface area contributed by atoms with Crippen molar-refractivity contribution in [2.24, 2.45) is 0 Å². The van der Waals surface area contributed by atoms with E-state index in [9.17, 15) is 9.59 Å². The summed E-state index contributed by atoms with van der Waals surface area (Å²) in [5.74, 6) is 0.128. The Bertz CT molecular complexity index is 980. The molecule has 1 aliphatic rings. The van der Waals surface area contributed by atoms with Gasteiger partial charge >= 0.3 is 0 Å². The highest BCUT2D eigenvalue weighted by atomic mass is 16.5. The monoisotopic (exact) mass is 422 g/mol. The van der Waals surface area contributed by atoms with Gasteiger partial charge in [0, 0.05) is 25.9 Å². The maximum absolute atomic E-state index is 13.3. The van der Waals surface area contributed by atoms with E-state index in [0.717, 1.165) is 29.0 Å². The summed E-state index contributed by atoms with van der Waals surface area (Å²) in [7, 11) is 1.60. The summed E-state index contributed by atoms with van der Waals surface area (Å²) in [6, 6.07) is 13.3. The molecule has 3 rings (SSSR count). The number of benzene rings is 2. The fourth-order valence-electron chi connectivity index (χ4n) is 3.47. The van der Waals surface area contributed by atoms with Crippen molar-refractivity contribution < 1.29 is 19.1 Å². The summed E-state index contributed by atoms with van der Waals surface area (Å²) in [6.07, 6.45) is 1.50. The molecule has 0 aromatic heterocycles. The number of amides is 2. The molecule has 0 fully saturated rings. The summed E-state index contributed by atoms with van der Waals surface area (Å²) in [5.41, 5.74) is 4.25. The van der Waals surface area contributed by atoms with Crippen molar-refractivity contribution >= 4 is 23.1 Å². The fourth-order valence-corrected chi connectivity index (χ4v) is 3.47. The molecule has 0 aliphatic carbocycles. The molecule has 0 atom stereocenters. The molecule has 1 N–H and O–H groups in total. The Balaban J connectivity index is 1.98. The predicted molar refractivity (Wildman–Crippen MR) is 122 cm³/mol. The summed E-state index contributed by atoms with van der Waals surface area (Å²) in [5, 5.41) is 3.25. The van der Waals surface area contributed by atoms with Gasteiger partial charge < -0.3 is 14.8 Å². The van der Waals surface area contributed by atoms with Gasteiger partial charge in [-0.15, -0.1) is 0 Å². The Hall–Kier alpha value is -3.12. The molecule has 0 saturated carbocycles. The minimum atomic E-state index is -0.316. The number of carbonyl (C=O) groups excluding carboxylic acids is 2. The van der Waals surface area contributed by atoms with Crippen LogP contribution in [0.5, 0.6) is 5.75 Å². The van der Waals surface area contributed by atoms with Gasteiger partial charge in [0.15, 0.2) is 0 Å². The minimum Gasteiger partial charge on any atom is -0.494 e. The van der Waals surface area contributed by atoms with Gasteiger partial charge in [0.25, 0.3) is 11.8 Å². The molecule has 0 radical (unpaired) electrons. The minimum absolute atomic E-state index is 0.295. The number of aryl methyl sites for hydroxylation is 2. The molecule has 0 spiro atoms. The Morgan fingerprint density at radius 2 is 1.71 bits per heavy atom. The van der Waals surface area contributed by atoms with Crippen LogP contribution in [-0.2, 0) is 14.3 Å². The molecule has 1 aliphatic heterocycles. The number of hydrogen-bond acceptors (Lipinski definition) is 5. The normalized spacial score (nSPS) is 13.9. The van der Waals surface area contributed by atoms with Crippen molar-refractivity contribution in [2.45, 2.75) is 33.6 Å². The SMILES string of the molecule is CCCOc1ccc(C2=C(Nc3cc(C)ccc3C)C(=O)N(CCCOC)C2=O)cc1. The van der Waals surface area contributed by atoms with Crippen molar-refractivity contribution in [1.82, 2.24) is 4.90 Å². The lowest BCUT2D eigenvalue weighted by atomic mass is 10.0. The molecule has 0 bridgehead atoms. The highest BCUT2D eigenvalue weighted by Crippen LogP contribution is 2.32. The summed E-state index contributed by atoms with van der Waals surface area (Å²) in [6.45, 7) is 7.44. The van der Waals surface area contributed by atoms with Gasteiger partial charge in [0.2, 0.25) is 0 Å². The lowest BCUT2D eigenvalue weighted by Gasteiger charge is -2.15. The van der Waals surface area contributed by atoms with Crippen molar-refractivity contribution in [3.63, 3.8) is 0 Å². The van der Waals surface area contributed by atoms with Crippen molar-refractivity contribution in [1.29, 1.82) is 0 Å². The lowest BCUT2D eigenvalue weighted by Crippen LogP contribution is -2.34. The molecule has 0 saturated heterocycles. The second-order valence-electron chi connectivity index (χ2n) is 7.67. The van der Waals surface area contributed by atoms with Crippen LogP contribution in [0, 0.1) is 13.8 Å². The van der Waals surface area contributed by atoms with E-state index < -0.39 is 0 Å². The van der Waals surface area contributed by atoms with Crippen LogP contribution in [0.25, 0.3) is 5.57 Å². The summed E-state index contributed by atoms with van der Waals surface area (Å²) < 4.78 is 10.7. The second-order valence-corrected chi connectivity index (χ2v) is 7.67. The van der Waals surface area contributed by atoms with Gasteiger partial charge in [-0.1, -0.05) is 31.2 Å². The number of methoxy groups -OCH3 is 1. The molecule has 31 heavy (non-hydrogen) atoms. The summed E-state index contributed by atoms with van der Waals surface area (Å²) >= 11 is 0. The Kier molecular flexibility index (Phi) is 7.47. The Morgan fingerprint density at radius 3 is 2.39 bits per heavy atom.